The summed E-state index contributed by atoms with van der Waals surface area (Å²) < 4.78 is 12.6. The molecule has 0 amide bonds. The van der Waals surface area contributed by atoms with Crippen LogP contribution in [0.5, 0.6) is 0 Å². The first-order chi connectivity index (χ1) is 16.2. The predicted molar refractivity (Wildman–Crippen MR) is 115 cm³/mol. The lowest BCUT2D eigenvalue weighted by Gasteiger charge is -2.17. The van der Waals surface area contributed by atoms with Gasteiger partial charge in [-0.15, -0.1) is 0 Å². The van der Waals surface area contributed by atoms with Gasteiger partial charge in [-0.05, 0) is 33.7 Å². The normalized spacial score (nSPS) is 33.5. The SMILES string of the molecule is O=c1nc(SSc2ccn([C@@H]3O[C@H](CO)[C@H](O)[C@@H]3O)c(=O)n2)ccn1[C@@H]1O[C@H](CO)[C@H](O)[C@H]1O. The van der Waals surface area contributed by atoms with Crippen LogP contribution in [0.3, 0.4) is 0 Å². The molecule has 2 aromatic rings. The molecule has 14 nitrogen and oxygen atoms in total. The maximum Gasteiger partial charge on any atom is 0.350 e. The van der Waals surface area contributed by atoms with Crippen LogP contribution in [0, 0.1) is 0 Å². The van der Waals surface area contributed by atoms with Crippen molar-refractivity contribution in [3.05, 3.63) is 45.5 Å². The van der Waals surface area contributed by atoms with Gasteiger partial charge < -0.3 is 40.1 Å². The minimum absolute atomic E-state index is 0.271. The number of hydrogen-bond acceptors (Lipinski definition) is 14. The van der Waals surface area contributed by atoms with E-state index in [2.05, 4.69) is 9.97 Å². The fraction of sp³-hybridized carbons (Fsp3) is 0.556. The molecule has 2 aliphatic heterocycles. The third-order valence-corrected chi connectivity index (χ3v) is 7.56. The van der Waals surface area contributed by atoms with E-state index in [0.717, 1.165) is 30.7 Å². The summed E-state index contributed by atoms with van der Waals surface area (Å²) in [4.78, 5) is 32.5. The zero-order chi connectivity index (χ0) is 24.6. The Morgan fingerprint density at radius 3 is 1.41 bits per heavy atom. The largest absolute Gasteiger partial charge is 0.394 e. The number of rotatable bonds is 7. The molecule has 0 aromatic carbocycles. The number of aromatic nitrogens is 4. The standard InChI is InChI=1S/C18H22N4O10S2/c23-5-7-11(25)13(27)15(31-7)21-3-1-9(19-17(21)29)33-34-10-2-4-22(18(30)20-10)16-14(28)12(26)8(6-24)32-16/h1-4,7-8,11-16,23-28H,5-6H2/t7-,8-,11+,12+,13-,14+,15-,16-/m1/s1. The molecule has 6 N–H and O–H groups in total. The zero-order valence-electron chi connectivity index (χ0n) is 17.3. The summed E-state index contributed by atoms with van der Waals surface area (Å²) in [5.74, 6) is 0. The van der Waals surface area contributed by atoms with Gasteiger partial charge in [0.1, 0.15) is 46.7 Å². The third-order valence-electron chi connectivity index (χ3n) is 5.40. The van der Waals surface area contributed by atoms with E-state index in [1.54, 1.807) is 0 Å². The summed E-state index contributed by atoms with van der Waals surface area (Å²) in [7, 11) is 2.06. The second-order valence-corrected chi connectivity index (χ2v) is 9.71. The molecule has 0 spiro atoms. The minimum atomic E-state index is -1.42. The Morgan fingerprint density at radius 2 is 1.12 bits per heavy atom. The van der Waals surface area contributed by atoms with Gasteiger partial charge in [0, 0.05) is 12.4 Å². The van der Waals surface area contributed by atoms with Crippen molar-refractivity contribution < 1.29 is 40.1 Å². The Balaban J connectivity index is 1.42. The van der Waals surface area contributed by atoms with E-state index in [4.69, 9.17) is 9.47 Å². The van der Waals surface area contributed by atoms with Crippen molar-refractivity contribution in [1.82, 2.24) is 19.1 Å². The first-order valence-electron chi connectivity index (χ1n) is 10.0. The van der Waals surface area contributed by atoms with Crippen LogP contribution in [-0.2, 0) is 9.47 Å². The number of aliphatic hydroxyl groups is 6. The molecule has 2 aliphatic rings. The summed E-state index contributed by atoms with van der Waals surface area (Å²) in [6, 6.07) is 2.93. The Hall–Kier alpha value is -1.86. The Kier molecular flexibility index (Phi) is 7.72. The molecule has 2 fully saturated rings. The molecular weight excluding hydrogens is 496 g/mol. The van der Waals surface area contributed by atoms with Crippen molar-refractivity contribution in [3.8, 4) is 0 Å². The van der Waals surface area contributed by atoms with E-state index in [9.17, 15) is 40.2 Å². The quantitative estimate of drug-likeness (QED) is 0.158. The van der Waals surface area contributed by atoms with Crippen LogP contribution in [0.2, 0.25) is 0 Å². The molecule has 2 saturated heterocycles. The van der Waals surface area contributed by atoms with Crippen molar-refractivity contribution in [1.29, 1.82) is 0 Å². The topological polar surface area (TPSA) is 210 Å². The van der Waals surface area contributed by atoms with Gasteiger partial charge in [0.15, 0.2) is 12.5 Å². The highest BCUT2D eigenvalue weighted by molar-refractivity contribution is 8.76. The van der Waals surface area contributed by atoms with Crippen molar-refractivity contribution in [3.63, 3.8) is 0 Å². The second-order valence-electron chi connectivity index (χ2n) is 7.54. The van der Waals surface area contributed by atoms with Gasteiger partial charge in [-0.1, -0.05) is 0 Å². The van der Waals surface area contributed by atoms with Crippen molar-refractivity contribution in [2.75, 3.05) is 13.2 Å². The lowest BCUT2D eigenvalue weighted by Crippen LogP contribution is -2.36. The number of hydrogen-bond donors (Lipinski definition) is 6. The van der Waals surface area contributed by atoms with Crippen molar-refractivity contribution in [2.24, 2.45) is 0 Å². The first kappa shape index (κ1) is 25.2. The van der Waals surface area contributed by atoms with Crippen LogP contribution in [0.15, 0.2) is 44.2 Å². The first-order valence-corrected chi connectivity index (χ1v) is 12.2. The van der Waals surface area contributed by atoms with Crippen molar-refractivity contribution >= 4 is 21.6 Å². The smallest absolute Gasteiger partial charge is 0.350 e. The van der Waals surface area contributed by atoms with Crippen LogP contribution in [0.25, 0.3) is 0 Å². The minimum Gasteiger partial charge on any atom is -0.394 e. The molecule has 2 aromatic heterocycles. The molecule has 0 aliphatic carbocycles. The zero-order valence-corrected chi connectivity index (χ0v) is 18.9. The van der Waals surface area contributed by atoms with E-state index in [0.29, 0.717) is 0 Å². The highest BCUT2D eigenvalue weighted by atomic mass is 33.1. The maximum atomic E-state index is 12.4. The summed E-state index contributed by atoms with van der Waals surface area (Å²) in [6.07, 6.45) is -7.36. The van der Waals surface area contributed by atoms with Crippen LogP contribution < -0.4 is 11.4 Å². The van der Waals surface area contributed by atoms with Gasteiger partial charge in [-0.25, -0.2) is 9.59 Å². The fourth-order valence-corrected chi connectivity index (χ4v) is 5.28. The Bertz CT molecular complexity index is 1040. The van der Waals surface area contributed by atoms with Gasteiger partial charge in [-0.3, -0.25) is 9.13 Å². The highest BCUT2D eigenvalue weighted by Crippen LogP contribution is 2.35. The predicted octanol–water partition coefficient (Wildman–Crippen LogP) is -3.18. The Labute approximate surface area is 198 Å². The molecule has 4 rings (SSSR count). The molecule has 0 bridgehead atoms. The van der Waals surface area contributed by atoms with E-state index < -0.39 is 73.7 Å². The molecule has 0 saturated carbocycles. The monoisotopic (exact) mass is 518 g/mol. The number of ether oxygens (including phenoxy) is 2. The average Bonchev–Trinajstić information content (AvgIpc) is 3.27. The summed E-state index contributed by atoms with van der Waals surface area (Å²) in [6.45, 7) is -1.05. The average molecular weight is 519 g/mol. The molecule has 34 heavy (non-hydrogen) atoms. The maximum absolute atomic E-state index is 12.4. The molecule has 0 radical (unpaired) electrons. The van der Waals surface area contributed by atoms with Crippen LogP contribution in [0.1, 0.15) is 12.5 Å². The fourth-order valence-electron chi connectivity index (χ4n) is 3.58. The second kappa shape index (κ2) is 10.4. The van der Waals surface area contributed by atoms with Gasteiger partial charge in [0.05, 0.1) is 13.2 Å². The van der Waals surface area contributed by atoms with Crippen molar-refractivity contribution in [2.45, 2.75) is 59.1 Å². The molecule has 8 atom stereocenters. The molecule has 16 heteroatoms. The molecular formula is C18H22N4O10S2. The molecule has 0 unspecified atom stereocenters. The molecule has 186 valence electrons. The third kappa shape index (κ3) is 4.78. The van der Waals surface area contributed by atoms with Gasteiger partial charge in [0.2, 0.25) is 0 Å². The van der Waals surface area contributed by atoms with Crippen LogP contribution in [0.4, 0.5) is 0 Å². The lowest BCUT2D eigenvalue weighted by molar-refractivity contribution is -0.0551. The van der Waals surface area contributed by atoms with Crippen LogP contribution >= 0.6 is 21.6 Å². The Morgan fingerprint density at radius 1 is 0.735 bits per heavy atom. The van der Waals surface area contributed by atoms with Gasteiger partial charge in [-0.2, -0.15) is 9.97 Å². The highest BCUT2D eigenvalue weighted by Gasteiger charge is 2.44. The van der Waals surface area contributed by atoms with E-state index in [1.165, 1.54) is 24.5 Å². The number of nitrogens with zero attached hydrogens (tertiary/aromatic N) is 4. The van der Waals surface area contributed by atoms with Crippen LogP contribution in [-0.4, -0.2) is 99.6 Å². The van der Waals surface area contributed by atoms with E-state index in [1.807, 2.05) is 0 Å². The molecule has 4 heterocycles. The lowest BCUT2D eigenvalue weighted by atomic mass is 10.1. The van der Waals surface area contributed by atoms with E-state index >= 15 is 0 Å². The summed E-state index contributed by atoms with van der Waals surface area (Å²) in [5, 5.41) is 58.7. The van der Waals surface area contributed by atoms with Gasteiger partial charge in [0.25, 0.3) is 0 Å². The summed E-state index contributed by atoms with van der Waals surface area (Å²) in [5.41, 5.74) is -1.51. The van der Waals surface area contributed by atoms with Gasteiger partial charge >= 0.3 is 11.4 Å². The number of aliphatic hydroxyl groups excluding tert-OH is 6. The summed E-state index contributed by atoms with van der Waals surface area (Å²) >= 11 is 0. The van der Waals surface area contributed by atoms with E-state index in [-0.39, 0.29) is 10.1 Å².